The molecule has 0 aliphatic carbocycles. The summed E-state index contributed by atoms with van der Waals surface area (Å²) in [6.07, 6.45) is 0. The van der Waals surface area contributed by atoms with Gasteiger partial charge in [0.2, 0.25) is 0 Å². The summed E-state index contributed by atoms with van der Waals surface area (Å²) >= 11 is 0. The minimum Gasteiger partial charge on any atom is -0.208 e. The first-order valence-corrected chi connectivity index (χ1v) is 15.5. The fraction of sp³-hybridized carbons (Fsp3) is 0. The maximum Gasteiger partial charge on any atom is 0.164 e. The molecule has 0 amide bonds. The predicted molar refractivity (Wildman–Crippen MR) is 192 cm³/mol. The van der Waals surface area contributed by atoms with E-state index in [1.807, 2.05) is 60.7 Å². The van der Waals surface area contributed by atoms with E-state index >= 15 is 0 Å². The lowest BCUT2D eigenvalue weighted by Gasteiger charge is -2.17. The molecule has 1 heterocycles. The third-order valence-electron chi connectivity index (χ3n) is 8.89. The second kappa shape index (κ2) is 10.8. The maximum atomic E-state index is 5.11. The fourth-order valence-corrected chi connectivity index (χ4v) is 6.76. The fourth-order valence-electron chi connectivity index (χ4n) is 6.76. The van der Waals surface area contributed by atoms with Crippen molar-refractivity contribution in [1.82, 2.24) is 15.0 Å². The summed E-state index contributed by atoms with van der Waals surface area (Å²) in [5.41, 5.74) is 5.12. The molecule has 0 fully saturated rings. The quantitative estimate of drug-likeness (QED) is 0.193. The van der Waals surface area contributed by atoms with Gasteiger partial charge in [-0.15, -0.1) is 0 Å². The molecule has 214 valence electrons. The van der Waals surface area contributed by atoms with Crippen molar-refractivity contribution in [3.63, 3.8) is 0 Å². The lowest BCUT2D eigenvalue weighted by molar-refractivity contribution is 1.07. The van der Waals surface area contributed by atoms with Crippen LogP contribution in [0.5, 0.6) is 0 Å². The van der Waals surface area contributed by atoms with Gasteiger partial charge in [-0.2, -0.15) is 0 Å². The van der Waals surface area contributed by atoms with Gasteiger partial charge in [-0.25, -0.2) is 15.0 Å². The SMILES string of the molecule is c1ccc(-c2nc(-c3ccccc3)nc(-c3ccccc3-c3cc4ccc5ccccc5c4c4ccc5ccccc5c34)n2)cc1. The number of nitrogens with zero attached hydrogens (tertiary/aromatic N) is 3. The van der Waals surface area contributed by atoms with Crippen molar-refractivity contribution in [2.24, 2.45) is 0 Å². The van der Waals surface area contributed by atoms with Crippen molar-refractivity contribution in [3.05, 3.63) is 164 Å². The summed E-state index contributed by atoms with van der Waals surface area (Å²) in [6.45, 7) is 0. The minimum absolute atomic E-state index is 0.648. The van der Waals surface area contributed by atoms with Crippen molar-refractivity contribution < 1.29 is 0 Å². The first-order valence-electron chi connectivity index (χ1n) is 15.5. The monoisotopic (exact) mass is 585 g/mol. The number of hydrogen-bond acceptors (Lipinski definition) is 3. The standard InChI is InChI=1S/C43H27N3/c1-3-15-30(16-4-1)41-44-42(31-17-5-2-6-18-31)46-43(45-41)36-22-12-11-21-35(36)38-27-32-24-23-28-13-7-9-19-33(28)39(32)37-26-25-29-14-8-10-20-34(29)40(37)38/h1-27H. The molecule has 0 bridgehead atoms. The Bertz CT molecular complexity index is 2520. The largest absolute Gasteiger partial charge is 0.208 e. The van der Waals surface area contributed by atoms with Crippen LogP contribution in [-0.2, 0) is 0 Å². The van der Waals surface area contributed by atoms with Crippen molar-refractivity contribution >= 4 is 43.1 Å². The molecule has 3 heteroatoms. The van der Waals surface area contributed by atoms with Gasteiger partial charge in [-0.3, -0.25) is 0 Å². The summed E-state index contributed by atoms with van der Waals surface area (Å²) in [4.78, 5) is 15.2. The summed E-state index contributed by atoms with van der Waals surface area (Å²) in [6, 6.07) is 57.5. The smallest absolute Gasteiger partial charge is 0.164 e. The normalized spacial score (nSPS) is 11.5. The minimum atomic E-state index is 0.648. The molecular weight excluding hydrogens is 558 g/mol. The van der Waals surface area contributed by atoms with Crippen LogP contribution >= 0.6 is 0 Å². The van der Waals surface area contributed by atoms with Gasteiger partial charge in [-0.1, -0.05) is 158 Å². The molecule has 9 rings (SSSR count). The number of hydrogen-bond donors (Lipinski definition) is 0. The molecule has 0 N–H and O–H groups in total. The van der Waals surface area contributed by atoms with Gasteiger partial charge in [0.1, 0.15) is 0 Å². The highest BCUT2D eigenvalue weighted by Gasteiger charge is 2.19. The molecular formula is C43H27N3. The van der Waals surface area contributed by atoms with E-state index in [-0.39, 0.29) is 0 Å². The Hall–Kier alpha value is -6.19. The van der Waals surface area contributed by atoms with Crippen LogP contribution in [0.4, 0.5) is 0 Å². The molecule has 46 heavy (non-hydrogen) atoms. The number of benzene rings is 8. The highest BCUT2D eigenvalue weighted by atomic mass is 15.0. The number of fused-ring (bicyclic) bond motifs is 7. The van der Waals surface area contributed by atoms with Crippen LogP contribution in [0, 0.1) is 0 Å². The summed E-state index contributed by atoms with van der Waals surface area (Å²) in [5, 5.41) is 9.90. The molecule has 0 saturated heterocycles. The Morgan fingerprint density at radius 2 is 0.761 bits per heavy atom. The van der Waals surface area contributed by atoms with Crippen LogP contribution in [0.15, 0.2) is 164 Å². The molecule has 0 aliphatic heterocycles. The predicted octanol–water partition coefficient (Wildman–Crippen LogP) is 11.2. The highest BCUT2D eigenvalue weighted by molar-refractivity contribution is 6.28. The van der Waals surface area contributed by atoms with E-state index in [1.165, 1.54) is 43.1 Å². The van der Waals surface area contributed by atoms with E-state index in [1.54, 1.807) is 0 Å². The third-order valence-corrected chi connectivity index (χ3v) is 8.89. The van der Waals surface area contributed by atoms with E-state index in [0.717, 1.165) is 27.8 Å². The number of rotatable bonds is 4. The maximum absolute atomic E-state index is 5.11. The zero-order valence-corrected chi connectivity index (χ0v) is 24.9. The molecule has 3 nitrogen and oxygen atoms in total. The van der Waals surface area contributed by atoms with Crippen molar-refractivity contribution in [3.8, 4) is 45.3 Å². The van der Waals surface area contributed by atoms with Gasteiger partial charge < -0.3 is 0 Å². The van der Waals surface area contributed by atoms with Crippen LogP contribution in [0.2, 0.25) is 0 Å². The molecule has 9 aromatic rings. The van der Waals surface area contributed by atoms with Crippen molar-refractivity contribution in [1.29, 1.82) is 0 Å². The van der Waals surface area contributed by atoms with E-state index in [9.17, 15) is 0 Å². The van der Waals surface area contributed by atoms with E-state index in [0.29, 0.717) is 17.5 Å². The number of aromatic nitrogens is 3. The molecule has 0 unspecified atom stereocenters. The molecule has 0 radical (unpaired) electrons. The van der Waals surface area contributed by atoms with Gasteiger partial charge in [0.15, 0.2) is 17.5 Å². The van der Waals surface area contributed by atoms with Gasteiger partial charge in [-0.05, 0) is 60.3 Å². The topological polar surface area (TPSA) is 38.7 Å². The van der Waals surface area contributed by atoms with Crippen LogP contribution in [-0.4, -0.2) is 15.0 Å². The molecule has 1 aromatic heterocycles. The van der Waals surface area contributed by atoms with E-state index in [2.05, 4.69) is 103 Å². The van der Waals surface area contributed by atoms with Gasteiger partial charge in [0, 0.05) is 16.7 Å². The zero-order chi connectivity index (χ0) is 30.5. The van der Waals surface area contributed by atoms with Gasteiger partial charge in [0.25, 0.3) is 0 Å². The Kier molecular flexibility index (Phi) is 6.14. The average molecular weight is 586 g/mol. The van der Waals surface area contributed by atoms with Crippen LogP contribution in [0.1, 0.15) is 0 Å². The second-order valence-corrected chi connectivity index (χ2v) is 11.6. The van der Waals surface area contributed by atoms with Crippen LogP contribution < -0.4 is 0 Å². The second-order valence-electron chi connectivity index (χ2n) is 11.6. The van der Waals surface area contributed by atoms with E-state index in [4.69, 9.17) is 15.0 Å². The Morgan fingerprint density at radius 3 is 1.41 bits per heavy atom. The van der Waals surface area contributed by atoms with Gasteiger partial charge in [0.05, 0.1) is 0 Å². The lowest BCUT2D eigenvalue weighted by atomic mass is 9.87. The van der Waals surface area contributed by atoms with Crippen molar-refractivity contribution in [2.45, 2.75) is 0 Å². The third kappa shape index (κ3) is 4.33. The molecule has 0 aliphatic rings. The van der Waals surface area contributed by atoms with Gasteiger partial charge >= 0.3 is 0 Å². The molecule has 0 saturated carbocycles. The summed E-state index contributed by atoms with van der Waals surface area (Å²) in [5.74, 6) is 1.95. The van der Waals surface area contributed by atoms with E-state index < -0.39 is 0 Å². The Morgan fingerprint density at radius 1 is 0.283 bits per heavy atom. The van der Waals surface area contributed by atoms with Crippen molar-refractivity contribution in [2.75, 3.05) is 0 Å². The summed E-state index contributed by atoms with van der Waals surface area (Å²) in [7, 11) is 0. The lowest BCUT2D eigenvalue weighted by Crippen LogP contribution is -2.01. The first kappa shape index (κ1) is 26.2. The first-order chi connectivity index (χ1) is 22.8. The Labute approximate surface area is 266 Å². The Balaban J connectivity index is 1.38. The molecule has 0 spiro atoms. The van der Waals surface area contributed by atoms with Crippen LogP contribution in [0.25, 0.3) is 88.4 Å². The molecule has 8 aromatic carbocycles. The molecule has 0 atom stereocenters. The average Bonchev–Trinajstić information content (AvgIpc) is 3.14. The van der Waals surface area contributed by atoms with Crippen LogP contribution in [0.3, 0.4) is 0 Å². The zero-order valence-electron chi connectivity index (χ0n) is 24.9. The summed E-state index contributed by atoms with van der Waals surface area (Å²) < 4.78 is 0. The highest BCUT2D eigenvalue weighted by Crippen LogP contribution is 2.44.